The lowest BCUT2D eigenvalue weighted by Crippen LogP contribution is -2.64. The number of amides is 1. The van der Waals surface area contributed by atoms with E-state index in [1.54, 1.807) is 12.1 Å². The van der Waals surface area contributed by atoms with Gasteiger partial charge in [-0.15, -0.1) is 0 Å². The Bertz CT molecular complexity index is 1350. The van der Waals surface area contributed by atoms with Crippen molar-refractivity contribution in [2.45, 2.75) is 138 Å². The van der Waals surface area contributed by atoms with Crippen molar-refractivity contribution in [3.05, 3.63) is 18.2 Å². The number of aliphatic hydroxyl groups is 6. The van der Waals surface area contributed by atoms with Crippen LogP contribution in [0, 0.1) is 5.92 Å². The fourth-order valence-electron chi connectivity index (χ4n) is 7.33. The monoisotopic (exact) mass is 759 g/mol. The Hall–Kier alpha value is -2.72. The van der Waals surface area contributed by atoms with E-state index in [9.17, 15) is 45.3 Å². The molecule has 4 aliphatic rings. The third-order valence-electron chi connectivity index (χ3n) is 10.4. The quantitative estimate of drug-likeness (QED) is 0.116. The van der Waals surface area contributed by atoms with Crippen molar-refractivity contribution < 1.29 is 83.2 Å². The molecule has 1 aromatic rings. The summed E-state index contributed by atoms with van der Waals surface area (Å²) in [5.74, 6) is -1.17. The van der Waals surface area contributed by atoms with Gasteiger partial charge in [-0.3, -0.25) is 4.79 Å². The van der Waals surface area contributed by atoms with E-state index in [4.69, 9.17) is 37.9 Å². The summed E-state index contributed by atoms with van der Waals surface area (Å²) >= 11 is 0. The first-order valence-corrected chi connectivity index (χ1v) is 18.0. The maximum absolute atomic E-state index is 13.8. The van der Waals surface area contributed by atoms with Gasteiger partial charge in [0.1, 0.15) is 48.8 Å². The molecule has 300 valence electrons. The van der Waals surface area contributed by atoms with Gasteiger partial charge in [-0.05, 0) is 37.8 Å². The lowest BCUT2D eigenvalue weighted by Gasteiger charge is -2.47. The third-order valence-corrected chi connectivity index (χ3v) is 10.4. The lowest BCUT2D eigenvalue weighted by molar-refractivity contribution is -0.353. The maximum atomic E-state index is 13.8. The van der Waals surface area contributed by atoms with Crippen LogP contribution in [0.4, 0.5) is 5.69 Å². The second-order valence-electron chi connectivity index (χ2n) is 14.0. The van der Waals surface area contributed by atoms with Gasteiger partial charge in [-0.1, -0.05) is 32.1 Å². The number of methoxy groups -OCH3 is 2. The third kappa shape index (κ3) is 9.75. The zero-order valence-corrected chi connectivity index (χ0v) is 30.0. The number of ether oxygens (including phenoxy) is 8. The van der Waals surface area contributed by atoms with Gasteiger partial charge >= 0.3 is 5.97 Å². The van der Waals surface area contributed by atoms with Gasteiger partial charge < -0.3 is 79.0 Å². The first-order valence-electron chi connectivity index (χ1n) is 18.0. The fraction of sp³-hybridized carbons (Fsp3) is 0.771. The molecule has 0 bridgehead atoms. The highest BCUT2D eigenvalue weighted by molar-refractivity contribution is 5.95. The van der Waals surface area contributed by atoms with E-state index in [0.29, 0.717) is 17.2 Å². The summed E-state index contributed by atoms with van der Waals surface area (Å²) in [6.45, 7) is 0.643. The number of carboxylic acid groups (broad SMARTS) is 1. The molecule has 18 nitrogen and oxygen atoms in total. The van der Waals surface area contributed by atoms with Crippen LogP contribution in [0.15, 0.2) is 18.2 Å². The van der Waals surface area contributed by atoms with E-state index >= 15 is 0 Å². The van der Waals surface area contributed by atoms with E-state index in [1.165, 1.54) is 27.2 Å². The van der Waals surface area contributed by atoms with Crippen molar-refractivity contribution in [2.75, 3.05) is 32.8 Å². The normalized spacial score (nSPS) is 37.4. The van der Waals surface area contributed by atoms with Crippen LogP contribution in [-0.4, -0.2) is 161 Å². The van der Waals surface area contributed by atoms with Crippen LogP contribution in [0.1, 0.15) is 51.9 Å². The average Bonchev–Trinajstić information content (AvgIpc) is 3.15. The molecular formula is C35H53NO17. The number of carbonyl (C=O) groups is 2. The number of anilines is 1. The molecule has 8 N–H and O–H groups in total. The van der Waals surface area contributed by atoms with Crippen molar-refractivity contribution in [1.82, 2.24) is 0 Å². The molecular weight excluding hydrogens is 706 g/mol. The summed E-state index contributed by atoms with van der Waals surface area (Å²) in [6.07, 6.45) is -16.0. The zero-order valence-electron chi connectivity index (χ0n) is 30.0. The van der Waals surface area contributed by atoms with Crippen LogP contribution in [0.3, 0.4) is 0 Å². The minimum absolute atomic E-state index is 0.0260. The summed E-state index contributed by atoms with van der Waals surface area (Å²) in [7, 11) is 2.89. The van der Waals surface area contributed by atoms with Crippen molar-refractivity contribution in [1.29, 1.82) is 0 Å². The van der Waals surface area contributed by atoms with Crippen LogP contribution in [-0.2, 0) is 38.0 Å². The number of carbonyl (C=O) groups excluding carboxylic acids is 1. The minimum atomic E-state index is -1.78. The number of hydrogen-bond acceptors (Lipinski definition) is 16. The Labute approximate surface area is 306 Å². The Morgan fingerprint density at radius 3 is 2.21 bits per heavy atom. The lowest BCUT2D eigenvalue weighted by atomic mass is 9.85. The Morgan fingerprint density at radius 2 is 1.55 bits per heavy atom. The molecule has 0 unspecified atom stereocenters. The Kier molecular flexibility index (Phi) is 14.7. The number of carboxylic acids is 1. The highest BCUT2D eigenvalue weighted by atomic mass is 16.7. The first kappa shape index (κ1) is 41.4. The van der Waals surface area contributed by atoms with Crippen LogP contribution in [0.5, 0.6) is 11.5 Å². The number of aliphatic hydroxyl groups excluding tert-OH is 6. The Balaban J connectivity index is 1.39. The van der Waals surface area contributed by atoms with Gasteiger partial charge in [0.15, 0.2) is 36.3 Å². The van der Waals surface area contributed by atoms with Gasteiger partial charge in [0, 0.05) is 11.8 Å². The number of rotatable bonds is 14. The van der Waals surface area contributed by atoms with Crippen LogP contribution < -0.4 is 14.8 Å². The SMILES string of the molecule is COc1ccc(NC(=O)[C@H]2OCC[C@@H](O[C@@H]3O[C@H](CO)[C@H](O)[C@H](O[C@@H](CC4CCCCC4)C(=O)O)[C@H]3O)[C@@H]2O[C@@H]2O[C@@H](C)[C@@H](O)[C@@H](O)[C@@H]2O)cc1OC. The summed E-state index contributed by atoms with van der Waals surface area (Å²) < 4.78 is 46.1. The molecule has 18 heteroatoms. The molecule has 53 heavy (non-hydrogen) atoms. The number of hydrogen-bond donors (Lipinski definition) is 8. The highest BCUT2D eigenvalue weighted by Crippen LogP contribution is 2.35. The van der Waals surface area contributed by atoms with E-state index in [1.807, 2.05) is 0 Å². The molecule has 1 aliphatic carbocycles. The predicted octanol–water partition coefficient (Wildman–Crippen LogP) is -0.723. The van der Waals surface area contributed by atoms with Gasteiger partial charge in [-0.2, -0.15) is 0 Å². The smallest absolute Gasteiger partial charge is 0.332 e. The van der Waals surface area contributed by atoms with E-state index in [0.717, 1.165) is 32.1 Å². The topological polar surface area (TPSA) is 262 Å². The fourth-order valence-corrected chi connectivity index (χ4v) is 7.33. The molecule has 1 saturated carbocycles. The number of benzene rings is 1. The number of aliphatic carboxylic acids is 1. The van der Waals surface area contributed by atoms with Crippen molar-refractivity contribution in [3.8, 4) is 11.5 Å². The first-order chi connectivity index (χ1) is 25.4. The molecule has 0 radical (unpaired) electrons. The summed E-state index contributed by atoms with van der Waals surface area (Å²) in [4.78, 5) is 26.1. The van der Waals surface area contributed by atoms with Crippen molar-refractivity contribution in [3.63, 3.8) is 0 Å². The molecule has 1 amide bonds. The number of nitrogens with one attached hydrogen (secondary N) is 1. The maximum Gasteiger partial charge on any atom is 0.332 e. The molecule has 3 heterocycles. The van der Waals surface area contributed by atoms with Gasteiger partial charge in [0.05, 0.1) is 39.6 Å². The second kappa shape index (κ2) is 18.7. The van der Waals surface area contributed by atoms with Gasteiger partial charge in [-0.25, -0.2) is 4.79 Å². The second-order valence-corrected chi connectivity index (χ2v) is 14.0. The van der Waals surface area contributed by atoms with Crippen molar-refractivity contribution in [2.24, 2.45) is 5.92 Å². The van der Waals surface area contributed by atoms with Crippen molar-refractivity contribution >= 4 is 17.6 Å². The zero-order chi connectivity index (χ0) is 38.4. The summed E-state index contributed by atoms with van der Waals surface area (Å²) in [6, 6.07) is 4.65. The van der Waals surface area contributed by atoms with E-state index < -0.39 is 104 Å². The molecule has 3 aliphatic heterocycles. The summed E-state index contributed by atoms with van der Waals surface area (Å²) in [5.41, 5.74) is 0.297. The van der Waals surface area contributed by atoms with Gasteiger partial charge in [0.2, 0.25) is 0 Å². The molecule has 3 saturated heterocycles. The summed E-state index contributed by atoms with van der Waals surface area (Å²) in [5, 5.41) is 76.9. The highest BCUT2D eigenvalue weighted by Gasteiger charge is 2.52. The average molecular weight is 760 g/mol. The standard InChI is InChI=1S/C35H53NO17/c1-16-24(38)26(40)27(41)34(49-16)53-29-20(11-12-48-31(29)32(43)36-18-9-10-19(46-2)21(14-18)47-3)51-35-28(42)30(25(39)23(15-37)52-35)50-22(33(44)45)13-17-7-5-4-6-8-17/h9-10,14,16-17,20,22-31,34-35,37-42H,4-8,11-13,15H2,1-3H3,(H,36,43)(H,44,45)/t16-,20+,22-,23+,24+,25-,26+,27-,28+,29-,30-,31-,34-,35+/m0/s1. The van der Waals surface area contributed by atoms with Crippen LogP contribution in [0.2, 0.25) is 0 Å². The minimum Gasteiger partial charge on any atom is -0.493 e. The molecule has 1 aromatic carbocycles. The van der Waals surface area contributed by atoms with Gasteiger partial charge in [0.25, 0.3) is 5.91 Å². The Morgan fingerprint density at radius 1 is 0.849 bits per heavy atom. The van der Waals surface area contributed by atoms with E-state index in [2.05, 4.69) is 5.32 Å². The molecule has 5 rings (SSSR count). The largest absolute Gasteiger partial charge is 0.493 e. The van der Waals surface area contributed by atoms with E-state index in [-0.39, 0.29) is 25.4 Å². The van der Waals surface area contributed by atoms with Crippen LogP contribution in [0.25, 0.3) is 0 Å². The molecule has 14 atom stereocenters. The molecule has 0 aromatic heterocycles. The molecule has 4 fully saturated rings. The molecule has 0 spiro atoms. The van der Waals surface area contributed by atoms with Crippen LogP contribution >= 0.6 is 0 Å². The predicted molar refractivity (Wildman–Crippen MR) is 180 cm³/mol.